The Hall–Kier alpha value is -1.36. The van der Waals surface area contributed by atoms with Crippen LogP contribution in [-0.2, 0) is 4.79 Å². The zero-order chi connectivity index (χ0) is 15.1. The highest BCUT2D eigenvalue weighted by molar-refractivity contribution is 9.10. The Kier molecular flexibility index (Phi) is 6.71. The molecule has 0 heterocycles. The van der Waals surface area contributed by atoms with Gasteiger partial charge in [-0.2, -0.15) is 0 Å². The number of amides is 1. The van der Waals surface area contributed by atoms with Gasteiger partial charge in [0.05, 0.1) is 0 Å². The fraction of sp³-hybridized carbons (Fsp3) is 0.467. The lowest BCUT2D eigenvalue weighted by atomic mass is 10.0. The van der Waals surface area contributed by atoms with Crippen LogP contribution in [0.5, 0.6) is 0 Å². The average Bonchev–Trinajstić information content (AvgIpc) is 2.39. The largest absolute Gasteiger partial charge is 0.481 e. The van der Waals surface area contributed by atoms with Crippen molar-refractivity contribution in [2.24, 2.45) is 5.92 Å². The van der Waals surface area contributed by atoms with E-state index in [1.54, 1.807) is 6.07 Å². The second-order valence-corrected chi connectivity index (χ2v) is 5.90. The van der Waals surface area contributed by atoms with Crippen molar-refractivity contribution in [2.75, 3.05) is 6.54 Å². The quantitative estimate of drug-likeness (QED) is 0.798. The number of carboxylic acid groups (broad SMARTS) is 1. The molecule has 0 radical (unpaired) electrons. The summed E-state index contributed by atoms with van der Waals surface area (Å²) in [6, 6.07) is 5.48. The number of carbonyl (C=O) groups excluding carboxylic acids is 1. The highest BCUT2D eigenvalue weighted by Gasteiger charge is 2.09. The van der Waals surface area contributed by atoms with E-state index in [9.17, 15) is 9.59 Å². The molecule has 110 valence electrons. The molecule has 1 aromatic carbocycles. The number of hydrogen-bond donors (Lipinski definition) is 2. The van der Waals surface area contributed by atoms with Crippen molar-refractivity contribution in [1.29, 1.82) is 0 Å². The summed E-state index contributed by atoms with van der Waals surface area (Å²) in [7, 11) is 0. The molecule has 1 unspecified atom stereocenters. The maximum atomic E-state index is 11.9. The molecule has 1 aromatic rings. The summed E-state index contributed by atoms with van der Waals surface area (Å²) in [5.74, 6) is -0.574. The van der Waals surface area contributed by atoms with Gasteiger partial charge in [0.2, 0.25) is 0 Å². The van der Waals surface area contributed by atoms with Crippen molar-refractivity contribution in [3.05, 3.63) is 33.8 Å². The summed E-state index contributed by atoms with van der Waals surface area (Å²) in [6.07, 6.45) is 1.61. The zero-order valence-corrected chi connectivity index (χ0v) is 13.4. The first-order valence-corrected chi connectivity index (χ1v) is 7.45. The van der Waals surface area contributed by atoms with Crippen LogP contribution in [0.3, 0.4) is 0 Å². The smallest absolute Gasteiger partial charge is 0.303 e. The minimum absolute atomic E-state index is 0.0916. The third kappa shape index (κ3) is 5.74. The zero-order valence-electron chi connectivity index (χ0n) is 11.8. The van der Waals surface area contributed by atoms with Crippen LogP contribution in [0.25, 0.3) is 0 Å². The van der Waals surface area contributed by atoms with Crippen molar-refractivity contribution >= 4 is 27.8 Å². The van der Waals surface area contributed by atoms with Crippen LogP contribution < -0.4 is 5.32 Å². The van der Waals surface area contributed by atoms with E-state index in [1.165, 1.54) is 0 Å². The molecule has 0 aliphatic heterocycles. The number of hydrogen-bond acceptors (Lipinski definition) is 2. The first-order chi connectivity index (χ1) is 9.40. The summed E-state index contributed by atoms with van der Waals surface area (Å²) < 4.78 is 0.983. The number of carbonyl (C=O) groups is 2. The van der Waals surface area contributed by atoms with Crippen LogP contribution in [0.4, 0.5) is 0 Å². The Morgan fingerprint density at radius 2 is 2.05 bits per heavy atom. The Bertz CT molecular complexity index is 488. The molecule has 0 saturated heterocycles. The lowest BCUT2D eigenvalue weighted by Gasteiger charge is -2.11. The summed E-state index contributed by atoms with van der Waals surface area (Å²) in [6.45, 7) is 4.50. The van der Waals surface area contributed by atoms with E-state index < -0.39 is 5.97 Å². The van der Waals surface area contributed by atoms with Crippen LogP contribution in [0, 0.1) is 12.8 Å². The van der Waals surface area contributed by atoms with Gasteiger partial charge in [-0.25, -0.2) is 0 Å². The van der Waals surface area contributed by atoms with E-state index in [0.717, 1.165) is 16.5 Å². The Labute approximate surface area is 127 Å². The van der Waals surface area contributed by atoms with E-state index in [4.69, 9.17) is 5.11 Å². The Morgan fingerprint density at radius 3 is 2.65 bits per heavy atom. The van der Waals surface area contributed by atoms with Crippen LogP contribution >= 0.6 is 15.9 Å². The number of rotatable bonds is 7. The molecule has 2 N–H and O–H groups in total. The number of carboxylic acids is 1. The van der Waals surface area contributed by atoms with Crippen molar-refractivity contribution in [3.63, 3.8) is 0 Å². The monoisotopic (exact) mass is 341 g/mol. The highest BCUT2D eigenvalue weighted by atomic mass is 79.9. The van der Waals surface area contributed by atoms with Gasteiger partial charge in [0, 0.05) is 23.0 Å². The Balaban J connectivity index is 2.36. The number of nitrogens with one attached hydrogen (secondary N) is 1. The second kappa shape index (κ2) is 8.04. The van der Waals surface area contributed by atoms with Gasteiger partial charge in [-0.05, 0) is 49.4 Å². The average molecular weight is 342 g/mol. The molecule has 1 atom stereocenters. The molecule has 0 saturated carbocycles. The molecule has 1 amide bonds. The molecular formula is C15H20BrNO3. The lowest BCUT2D eigenvalue weighted by molar-refractivity contribution is -0.137. The van der Waals surface area contributed by atoms with Gasteiger partial charge in [-0.1, -0.05) is 22.9 Å². The minimum Gasteiger partial charge on any atom is -0.481 e. The van der Waals surface area contributed by atoms with E-state index in [1.807, 2.05) is 26.0 Å². The second-order valence-electron chi connectivity index (χ2n) is 5.05. The van der Waals surface area contributed by atoms with E-state index >= 15 is 0 Å². The molecule has 0 spiro atoms. The molecule has 0 fully saturated rings. The summed E-state index contributed by atoms with van der Waals surface area (Å²) >= 11 is 3.40. The molecule has 1 rings (SSSR count). The molecule has 0 aromatic heterocycles. The molecule has 4 nitrogen and oxygen atoms in total. The fourth-order valence-electron chi connectivity index (χ4n) is 1.83. The lowest BCUT2D eigenvalue weighted by Crippen LogP contribution is -2.25. The van der Waals surface area contributed by atoms with Gasteiger partial charge in [0.1, 0.15) is 0 Å². The third-order valence-electron chi connectivity index (χ3n) is 3.19. The number of aryl methyl sites for hydroxylation is 1. The van der Waals surface area contributed by atoms with Crippen LogP contribution in [-0.4, -0.2) is 23.5 Å². The predicted molar refractivity (Wildman–Crippen MR) is 81.9 cm³/mol. The highest BCUT2D eigenvalue weighted by Crippen LogP contribution is 2.17. The van der Waals surface area contributed by atoms with E-state index in [0.29, 0.717) is 18.5 Å². The van der Waals surface area contributed by atoms with Crippen LogP contribution in [0.15, 0.2) is 22.7 Å². The van der Waals surface area contributed by atoms with Crippen molar-refractivity contribution in [2.45, 2.75) is 33.1 Å². The van der Waals surface area contributed by atoms with Gasteiger partial charge >= 0.3 is 5.97 Å². The molecule has 0 aliphatic carbocycles. The molecule has 0 aliphatic rings. The fourth-order valence-corrected chi connectivity index (χ4v) is 2.08. The normalized spacial score (nSPS) is 11.9. The summed E-state index contributed by atoms with van der Waals surface area (Å²) in [5, 5.41) is 11.5. The van der Waals surface area contributed by atoms with Gasteiger partial charge in [0.15, 0.2) is 0 Å². The van der Waals surface area contributed by atoms with Gasteiger partial charge in [-0.15, -0.1) is 0 Å². The topological polar surface area (TPSA) is 66.4 Å². The minimum atomic E-state index is -0.772. The maximum Gasteiger partial charge on any atom is 0.303 e. The molecular weight excluding hydrogens is 322 g/mol. The molecule has 5 heteroatoms. The number of halogens is 1. The maximum absolute atomic E-state index is 11.9. The van der Waals surface area contributed by atoms with Crippen molar-refractivity contribution in [1.82, 2.24) is 5.32 Å². The first kappa shape index (κ1) is 16.7. The van der Waals surface area contributed by atoms with Crippen molar-refractivity contribution < 1.29 is 14.7 Å². The van der Waals surface area contributed by atoms with Gasteiger partial charge in [0.25, 0.3) is 5.91 Å². The van der Waals surface area contributed by atoms with Crippen molar-refractivity contribution in [3.8, 4) is 0 Å². The molecule has 0 bridgehead atoms. The molecule has 20 heavy (non-hydrogen) atoms. The Morgan fingerprint density at radius 1 is 1.35 bits per heavy atom. The standard InChI is InChI=1S/C15H20BrNO3/c1-10(3-6-14(18)19)7-8-17-15(20)12-4-5-13(16)11(2)9-12/h4-5,9-10H,3,6-8H2,1-2H3,(H,17,20)(H,18,19). The number of benzene rings is 1. The SMILES string of the molecule is Cc1cc(C(=O)NCCC(C)CCC(=O)O)ccc1Br. The van der Waals surface area contributed by atoms with Crippen LogP contribution in [0.1, 0.15) is 42.1 Å². The first-order valence-electron chi connectivity index (χ1n) is 6.66. The number of aliphatic carboxylic acids is 1. The van der Waals surface area contributed by atoms with E-state index in [-0.39, 0.29) is 18.2 Å². The van der Waals surface area contributed by atoms with Gasteiger partial charge in [-0.3, -0.25) is 9.59 Å². The summed E-state index contributed by atoms with van der Waals surface area (Å²) in [4.78, 5) is 22.4. The van der Waals surface area contributed by atoms with E-state index in [2.05, 4.69) is 21.2 Å². The summed E-state index contributed by atoms with van der Waals surface area (Å²) in [5.41, 5.74) is 1.66. The predicted octanol–water partition coefficient (Wildman–Crippen LogP) is 3.38. The van der Waals surface area contributed by atoms with Gasteiger partial charge < -0.3 is 10.4 Å². The third-order valence-corrected chi connectivity index (χ3v) is 4.08. The van der Waals surface area contributed by atoms with Crippen LogP contribution in [0.2, 0.25) is 0 Å².